The molecule has 0 radical (unpaired) electrons. The third-order valence-electron chi connectivity index (χ3n) is 3.15. The van der Waals surface area contributed by atoms with Crippen molar-refractivity contribution < 1.29 is 13.9 Å². The Morgan fingerprint density at radius 2 is 2.14 bits per heavy atom. The van der Waals surface area contributed by atoms with E-state index in [9.17, 15) is 4.79 Å². The molecule has 108 valence electrons. The number of ether oxygens (including phenoxy) is 1. The lowest BCUT2D eigenvalue weighted by molar-refractivity contribution is -0.143. The van der Waals surface area contributed by atoms with E-state index in [1.807, 2.05) is 34.9 Å². The van der Waals surface area contributed by atoms with Crippen molar-refractivity contribution in [2.75, 3.05) is 6.61 Å². The number of carbonyl (C=O) groups is 1. The molecule has 0 aliphatic heterocycles. The highest BCUT2D eigenvalue weighted by atomic mass is 16.5. The number of carbonyl (C=O) groups excluding carboxylic acids is 1. The van der Waals surface area contributed by atoms with Crippen LogP contribution in [0.15, 0.2) is 34.7 Å². The predicted octanol–water partition coefficient (Wildman–Crippen LogP) is 2.56. The molecule has 0 unspecified atom stereocenters. The molecule has 6 nitrogen and oxygen atoms in total. The maximum Gasteiger partial charge on any atom is 0.325 e. The minimum absolute atomic E-state index is 0.109. The fourth-order valence-electron chi connectivity index (χ4n) is 2.29. The van der Waals surface area contributed by atoms with Crippen LogP contribution in [0, 0.1) is 6.92 Å². The van der Waals surface area contributed by atoms with Crippen molar-refractivity contribution in [3.05, 3.63) is 36.2 Å². The Morgan fingerprint density at radius 1 is 1.33 bits per heavy atom. The van der Waals surface area contributed by atoms with Gasteiger partial charge in [-0.3, -0.25) is 4.79 Å². The second kappa shape index (κ2) is 5.40. The Labute approximate surface area is 121 Å². The van der Waals surface area contributed by atoms with Gasteiger partial charge in [-0.25, -0.2) is 0 Å². The third-order valence-corrected chi connectivity index (χ3v) is 3.15. The summed E-state index contributed by atoms with van der Waals surface area (Å²) in [6.07, 6.45) is 0. The fourth-order valence-corrected chi connectivity index (χ4v) is 2.29. The van der Waals surface area contributed by atoms with E-state index in [0.29, 0.717) is 24.1 Å². The van der Waals surface area contributed by atoms with Gasteiger partial charge in [0.1, 0.15) is 12.2 Å². The van der Waals surface area contributed by atoms with Crippen molar-refractivity contribution in [3.63, 3.8) is 0 Å². The first-order valence-corrected chi connectivity index (χ1v) is 6.73. The summed E-state index contributed by atoms with van der Waals surface area (Å²) in [6.45, 7) is 3.98. The minimum Gasteiger partial charge on any atom is -0.465 e. The lowest BCUT2D eigenvalue weighted by Crippen LogP contribution is -2.14. The van der Waals surface area contributed by atoms with Gasteiger partial charge in [-0.2, -0.15) is 0 Å². The Morgan fingerprint density at radius 3 is 2.86 bits per heavy atom. The standard InChI is InChI=1S/C15H15N3O3/c1-3-20-14(19)9-18-12-7-5-4-6-11(12)8-13(18)15-17-16-10(2)21-15/h4-8H,3,9H2,1-2H3. The van der Waals surface area contributed by atoms with Gasteiger partial charge < -0.3 is 13.7 Å². The number of esters is 1. The summed E-state index contributed by atoms with van der Waals surface area (Å²) in [7, 11) is 0. The normalized spacial score (nSPS) is 11.0. The maximum atomic E-state index is 11.8. The Balaban J connectivity index is 2.12. The van der Waals surface area contributed by atoms with E-state index in [1.165, 1.54) is 0 Å². The van der Waals surface area contributed by atoms with E-state index in [0.717, 1.165) is 10.9 Å². The summed E-state index contributed by atoms with van der Waals surface area (Å²) >= 11 is 0. The molecule has 21 heavy (non-hydrogen) atoms. The number of aromatic nitrogens is 3. The van der Waals surface area contributed by atoms with Gasteiger partial charge in [0.05, 0.1) is 6.61 Å². The second-order valence-corrected chi connectivity index (χ2v) is 4.61. The van der Waals surface area contributed by atoms with Crippen molar-refractivity contribution in [2.24, 2.45) is 0 Å². The molecule has 0 fully saturated rings. The molecule has 0 bridgehead atoms. The first-order chi connectivity index (χ1) is 10.2. The van der Waals surface area contributed by atoms with Gasteiger partial charge in [0.2, 0.25) is 5.89 Å². The topological polar surface area (TPSA) is 70.2 Å². The SMILES string of the molecule is CCOC(=O)Cn1c(-c2nnc(C)o2)cc2ccccc21. The molecular weight excluding hydrogens is 270 g/mol. The number of hydrogen-bond acceptors (Lipinski definition) is 5. The summed E-state index contributed by atoms with van der Waals surface area (Å²) < 4.78 is 12.4. The van der Waals surface area contributed by atoms with E-state index in [2.05, 4.69) is 10.2 Å². The monoisotopic (exact) mass is 285 g/mol. The van der Waals surface area contributed by atoms with Crippen molar-refractivity contribution in [2.45, 2.75) is 20.4 Å². The maximum absolute atomic E-state index is 11.8. The van der Waals surface area contributed by atoms with Crippen molar-refractivity contribution in [1.29, 1.82) is 0 Å². The van der Waals surface area contributed by atoms with Crippen LogP contribution in [0.25, 0.3) is 22.5 Å². The van der Waals surface area contributed by atoms with E-state index in [1.54, 1.807) is 13.8 Å². The molecule has 3 rings (SSSR count). The molecule has 0 saturated heterocycles. The molecule has 2 aromatic heterocycles. The van der Waals surface area contributed by atoms with Crippen LogP contribution in [0.2, 0.25) is 0 Å². The molecule has 3 aromatic rings. The van der Waals surface area contributed by atoms with Crippen molar-refractivity contribution in [3.8, 4) is 11.6 Å². The summed E-state index contributed by atoms with van der Waals surface area (Å²) in [5, 5.41) is 8.89. The number of fused-ring (bicyclic) bond motifs is 1. The Hall–Kier alpha value is -2.63. The number of para-hydroxylation sites is 1. The van der Waals surface area contributed by atoms with Gasteiger partial charge in [0.15, 0.2) is 0 Å². The fraction of sp³-hybridized carbons (Fsp3) is 0.267. The predicted molar refractivity (Wildman–Crippen MR) is 76.6 cm³/mol. The molecule has 0 N–H and O–H groups in total. The summed E-state index contributed by atoms with van der Waals surface area (Å²) in [6, 6.07) is 9.72. The molecule has 0 atom stereocenters. The van der Waals surface area contributed by atoms with Crippen LogP contribution in [-0.2, 0) is 16.1 Å². The van der Waals surface area contributed by atoms with Crippen LogP contribution >= 0.6 is 0 Å². The summed E-state index contributed by atoms with van der Waals surface area (Å²) in [5.41, 5.74) is 1.64. The number of nitrogens with zero attached hydrogens (tertiary/aromatic N) is 3. The van der Waals surface area contributed by atoms with Gasteiger partial charge in [-0.05, 0) is 19.1 Å². The van der Waals surface area contributed by atoms with Crippen LogP contribution in [0.5, 0.6) is 0 Å². The molecular formula is C15H15N3O3. The third kappa shape index (κ3) is 2.52. The van der Waals surface area contributed by atoms with Crippen LogP contribution in [0.3, 0.4) is 0 Å². The average molecular weight is 285 g/mol. The molecule has 0 aliphatic rings. The molecule has 6 heteroatoms. The van der Waals surface area contributed by atoms with Crippen LogP contribution in [-0.4, -0.2) is 27.3 Å². The lowest BCUT2D eigenvalue weighted by atomic mass is 10.2. The van der Waals surface area contributed by atoms with E-state index in [-0.39, 0.29) is 12.5 Å². The van der Waals surface area contributed by atoms with Gasteiger partial charge in [0, 0.05) is 17.8 Å². The molecule has 0 spiro atoms. The first kappa shape index (κ1) is 13.4. The highest BCUT2D eigenvalue weighted by Gasteiger charge is 2.17. The smallest absolute Gasteiger partial charge is 0.325 e. The number of benzene rings is 1. The lowest BCUT2D eigenvalue weighted by Gasteiger charge is -2.07. The van der Waals surface area contributed by atoms with Crippen LogP contribution < -0.4 is 0 Å². The van der Waals surface area contributed by atoms with E-state index >= 15 is 0 Å². The van der Waals surface area contributed by atoms with Crippen LogP contribution in [0.4, 0.5) is 0 Å². The zero-order chi connectivity index (χ0) is 14.8. The number of rotatable bonds is 4. The van der Waals surface area contributed by atoms with Gasteiger partial charge in [-0.15, -0.1) is 10.2 Å². The summed E-state index contributed by atoms with van der Waals surface area (Å²) in [5.74, 6) is 0.585. The quantitative estimate of drug-likeness (QED) is 0.689. The molecule has 0 amide bonds. The Kier molecular flexibility index (Phi) is 3.43. The van der Waals surface area contributed by atoms with Gasteiger partial charge in [-0.1, -0.05) is 18.2 Å². The molecule has 1 aromatic carbocycles. The van der Waals surface area contributed by atoms with E-state index < -0.39 is 0 Å². The molecule has 0 aliphatic carbocycles. The number of hydrogen-bond donors (Lipinski definition) is 0. The molecule has 2 heterocycles. The summed E-state index contributed by atoms with van der Waals surface area (Å²) in [4.78, 5) is 11.8. The zero-order valence-electron chi connectivity index (χ0n) is 11.9. The molecule has 0 saturated carbocycles. The highest BCUT2D eigenvalue weighted by Crippen LogP contribution is 2.27. The van der Waals surface area contributed by atoms with E-state index in [4.69, 9.17) is 9.15 Å². The number of aryl methyl sites for hydroxylation is 1. The minimum atomic E-state index is -0.295. The van der Waals surface area contributed by atoms with Crippen molar-refractivity contribution in [1.82, 2.24) is 14.8 Å². The van der Waals surface area contributed by atoms with Crippen molar-refractivity contribution >= 4 is 16.9 Å². The van der Waals surface area contributed by atoms with Crippen LogP contribution in [0.1, 0.15) is 12.8 Å². The average Bonchev–Trinajstić information content (AvgIpc) is 3.04. The largest absolute Gasteiger partial charge is 0.465 e. The highest BCUT2D eigenvalue weighted by molar-refractivity contribution is 5.87. The van der Waals surface area contributed by atoms with Gasteiger partial charge in [0.25, 0.3) is 5.89 Å². The zero-order valence-corrected chi connectivity index (χ0v) is 11.9. The Bertz CT molecular complexity index is 788. The first-order valence-electron chi connectivity index (χ1n) is 6.73. The van der Waals surface area contributed by atoms with Gasteiger partial charge >= 0.3 is 5.97 Å². The second-order valence-electron chi connectivity index (χ2n) is 4.61.